The normalized spacial score (nSPS) is 27.0. The smallest absolute Gasteiger partial charge is 0.250 e. The van der Waals surface area contributed by atoms with Gasteiger partial charge >= 0.3 is 0 Å². The van der Waals surface area contributed by atoms with Crippen molar-refractivity contribution < 1.29 is 23.9 Å². The van der Waals surface area contributed by atoms with E-state index in [0.717, 1.165) is 5.56 Å². The van der Waals surface area contributed by atoms with Gasteiger partial charge in [0.1, 0.15) is 5.54 Å². The van der Waals surface area contributed by atoms with Gasteiger partial charge < -0.3 is 14.8 Å². The van der Waals surface area contributed by atoms with E-state index >= 15 is 0 Å². The van der Waals surface area contributed by atoms with Crippen molar-refractivity contribution in [3.05, 3.63) is 52.5 Å². The van der Waals surface area contributed by atoms with E-state index in [9.17, 15) is 14.4 Å². The zero-order chi connectivity index (χ0) is 25.1. The molecule has 3 aliphatic heterocycles. The molecule has 3 amide bonds. The number of methoxy groups -OCH3 is 2. The average molecular weight is 498 g/mol. The number of para-hydroxylation sites is 1. The highest BCUT2D eigenvalue weighted by Crippen LogP contribution is 2.55. The van der Waals surface area contributed by atoms with Crippen LogP contribution in [-0.4, -0.2) is 49.4 Å². The number of hydrogen-bond donors (Lipinski definition) is 2. The van der Waals surface area contributed by atoms with Crippen molar-refractivity contribution in [1.82, 2.24) is 10.2 Å². The number of carbonyl (C=O) groups excluding carboxylic acids is 3. The molecular formula is C26H28ClN3O5. The van der Waals surface area contributed by atoms with Crippen molar-refractivity contribution in [3.8, 4) is 11.5 Å². The first-order valence-electron chi connectivity index (χ1n) is 11.7. The van der Waals surface area contributed by atoms with Crippen molar-refractivity contribution in [2.24, 2.45) is 17.8 Å². The number of nitrogens with one attached hydrogen (secondary N) is 2. The number of anilines is 1. The summed E-state index contributed by atoms with van der Waals surface area (Å²) >= 11 is 6.37. The average Bonchev–Trinajstić information content (AvgIpc) is 3.43. The molecule has 2 aromatic carbocycles. The number of nitrogens with zero attached hydrogens (tertiary/aromatic N) is 1. The van der Waals surface area contributed by atoms with E-state index in [-0.39, 0.29) is 36.2 Å². The van der Waals surface area contributed by atoms with E-state index in [0.29, 0.717) is 34.2 Å². The predicted octanol–water partition coefficient (Wildman–Crippen LogP) is 2.98. The Morgan fingerprint density at radius 2 is 1.80 bits per heavy atom. The Balaban J connectivity index is 1.49. The monoisotopic (exact) mass is 497 g/mol. The van der Waals surface area contributed by atoms with Crippen LogP contribution >= 0.6 is 11.6 Å². The summed E-state index contributed by atoms with van der Waals surface area (Å²) in [5.41, 5.74) is 0.698. The third-order valence-corrected chi connectivity index (χ3v) is 7.83. The standard InChI is InChI=1S/C26H28ClN3O5/c1-13(2)21-19-20(26(29-21)15-6-5-7-16(27)22(15)28-25(26)33)24(32)30(23(19)31)11-10-14-8-9-17(34-3)18(12-14)35-4/h5-9,12-13,19-21,29H,10-11H2,1-4H3,(H,28,33)/t19-,20-,21?,26?/m0/s1. The van der Waals surface area contributed by atoms with E-state index < -0.39 is 17.4 Å². The topological polar surface area (TPSA) is 97.0 Å². The molecule has 2 saturated heterocycles. The highest BCUT2D eigenvalue weighted by atomic mass is 35.5. The number of rotatable bonds is 6. The fourth-order valence-corrected chi connectivity index (χ4v) is 6.08. The zero-order valence-electron chi connectivity index (χ0n) is 20.1. The lowest BCUT2D eigenvalue weighted by Crippen LogP contribution is -2.54. The van der Waals surface area contributed by atoms with Crippen LogP contribution in [0.1, 0.15) is 25.0 Å². The van der Waals surface area contributed by atoms with Crippen LogP contribution < -0.4 is 20.1 Å². The minimum absolute atomic E-state index is 0.0282. The van der Waals surface area contributed by atoms with Gasteiger partial charge in [0.25, 0.3) is 0 Å². The summed E-state index contributed by atoms with van der Waals surface area (Å²) in [6.07, 6.45) is 0.457. The fourth-order valence-electron chi connectivity index (χ4n) is 5.86. The summed E-state index contributed by atoms with van der Waals surface area (Å²) in [5, 5.41) is 6.68. The lowest BCUT2D eigenvalue weighted by molar-refractivity contribution is -0.142. The molecule has 5 rings (SSSR count). The largest absolute Gasteiger partial charge is 0.493 e. The zero-order valence-corrected chi connectivity index (χ0v) is 20.8. The molecule has 2 fully saturated rings. The molecule has 2 N–H and O–H groups in total. The maximum absolute atomic E-state index is 13.8. The number of ether oxygens (including phenoxy) is 2. The molecule has 35 heavy (non-hydrogen) atoms. The lowest BCUT2D eigenvalue weighted by atomic mass is 9.76. The molecular weight excluding hydrogens is 470 g/mol. The Labute approximate surface area is 208 Å². The summed E-state index contributed by atoms with van der Waals surface area (Å²) < 4.78 is 10.7. The molecule has 0 radical (unpaired) electrons. The van der Waals surface area contributed by atoms with Crippen LogP contribution in [0.15, 0.2) is 36.4 Å². The SMILES string of the molecule is COc1ccc(CCN2C(=O)[C@@H]3C(C(C)C)NC4(C(=O)Nc5c(Cl)cccc54)[C@@H]3C2=O)cc1OC. The summed E-state index contributed by atoms with van der Waals surface area (Å²) in [6.45, 7) is 4.19. The maximum Gasteiger partial charge on any atom is 0.250 e. The molecule has 4 atom stereocenters. The van der Waals surface area contributed by atoms with Crippen LogP contribution in [-0.2, 0) is 26.3 Å². The second-order valence-electron chi connectivity index (χ2n) is 9.61. The second-order valence-corrected chi connectivity index (χ2v) is 10.0. The van der Waals surface area contributed by atoms with Crippen molar-refractivity contribution in [2.45, 2.75) is 31.8 Å². The highest BCUT2D eigenvalue weighted by Gasteiger charge is 2.70. The molecule has 2 unspecified atom stereocenters. The molecule has 184 valence electrons. The van der Waals surface area contributed by atoms with Gasteiger partial charge in [-0.2, -0.15) is 0 Å². The first-order valence-corrected chi connectivity index (χ1v) is 12.1. The molecule has 0 saturated carbocycles. The first-order chi connectivity index (χ1) is 16.7. The number of imide groups is 1. The minimum atomic E-state index is -1.33. The van der Waals surface area contributed by atoms with E-state index in [2.05, 4.69) is 10.6 Å². The number of amides is 3. The van der Waals surface area contributed by atoms with E-state index in [1.807, 2.05) is 26.0 Å². The Hall–Kier alpha value is -3.10. The van der Waals surface area contributed by atoms with Crippen LogP contribution in [0, 0.1) is 17.8 Å². The Morgan fingerprint density at radius 3 is 2.49 bits per heavy atom. The Morgan fingerprint density at radius 1 is 1.06 bits per heavy atom. The molecule has 3 aliphatic rings. The number of likely N-dealkylation sites (tertiary alicyclic amines) is 1. The van der Waals surface area contributed by atoms with Crippen LogP contribution in [0.3, 0.4) is 0 Å². The second kappa shape index (κ2) is 8.53. The number of hydrogen-bond acceptors (Lipinski definition) is 6. The third-order valence-electron chi connectivity index (χ3n) is 7.52. The molecule has 0 aliphatic carbocycles. The van der Waals surface area contributed by atoms with Crippen molar-refractivity contribution in [2.75, 3.05) is 26.1 Å². The van der Waals surface area contributed by atoms with Crippen molar-refractivity contribution >= 4 is 35.0 Å². The molecule has 9 heteroatoms. The molecule has 3 heterocycles. The van der Waals surface area contributed by atoms with Crippen LogP contribution in [0.4, 0.5) is 5.69 Å². The van der Waals surface area contributed by atoms with Gasteiger partial charge in [0, 0.05) is 18.2 Å². The molecule has 0 aromatic heterocycles. The van der Waals surface area contributed by atoms with E-state index in [1.54, 1.807) is 38.5 Å². The maximum atomic E-state index is 13.8. The number of benzene rings is 2. The number of carbonyl (C=O) groups is 3. The third kappa shape index (κ3) is 3.34. The number of halogens is 1. The van der Waals surface area contributed by atoms with Gasteiger partial charge in [-0.05, 0) is 36.1 Å². The summed E-state index contributed by atoms with van der Waals surface area (Å²) in [7, 11) is 3.13. The number of fused-ring (bicyclic) bond motifs is 4. The summed E-state index contributed by atoms with van der Waals surface area (Å²) in [5.74, 6) is -1.18. The van der Waals surface area contributed by atoms with Crippen molar-refractivity contribution in [3.63, 3.8) is 0 Å². The molecule has 2 aromatic rings. The van der Waals surface area contributed by atoms with Gasteiger partial charge in [0.05, 0.1) is 36.8 Å². The first kappa shape index (κ1) is 23.6. The van der Waals surface area contributed by atoms with Crippen LogP contribution in [0.5, 0.6) is 11.5 Å². The highest BCUT2D eigenvalue weighted by molar-refractivity contribution is 6.35. The van der Waals surface area contributed by atoms with Gasteiger partial charge in [-0.1, -0.05) is 43.6 Å². The van der Waals surface area contributed by atoms with Crippen LogP contribution in [0.25, 0.3) is 0 Å². The van der Waals surface area contributed by atoms with Gasteiger partial charge in [-0.15, -0.1) is 0 Å². The van der Waals surface area contributed by atoms with Gasteiger partial charge in [0.15, 0.2) is 11.5 Å². The summed E-state index contributed by atoms with van der Waals surface area (Å²) in [4.78, 5) is 42.2. The van der Waals surface area contributed by atoms with Gasteiger partial charge in [0.2, 0.25) is 17.7 Å². The fraction of sp³-hybridized carbons (Fsp3) is 0.423. The van der Waals surface area contributed by atoms with E-state index in [4.69, 9.17) is 21.1 Å². The molecule has 8 nitrogen and oxygen atoms in total. The van der Waals surface area contributed by atoms with Crippen molar-refractivity contribution in [1.29, 1.82) is 0 Å². The molecule has 0 bridgehead atoms. The molecule has 1 spiro atoms. The Bertz CT molecular complexity index is 1230. The van der Waals surface area contributed by atoms with Crippen LogP contribution in [0.2, 0.25) is 5.02 Å². The van der Waals surface area contributed by atoms with Gasteiger partial charge in [-0.25, -0.2) is 0 Å². The lowest BCUT2D eigenvalue weighted by Gasteiger charge is -2.30. The minimum Gasteiger partial charge on any atom is -0.493 e. The van der Waals surface area contributed by atoms with E-state index in [1.165, 1.54) is 4.90 Å². The Kier molecular flexibility index (Phi) is 5.76. The quantitative estimate of drug-likeness (QED) is 0.596. The summed E-state index contributed by atoms with van der Waals surface area (Å²) in [6, 6.07) is 10.5. The predicted molar refractivity (Wildman–Crippen MR) is 130 cm³/mol. The van der Waals surface area contributed by atoms with Gasteiger partial charge in [-0.3, -0.25) is 24.6 Å².